The van der Waals surface area contributed by atoms with E-state index in [9.17, 15) is 24.9 Å². The molecule has 0 spiro atoms. The Balaban J connectivity index is 1.32. The summed E-state index contributed by atoms with van der Waals surface area (Å²) in [5, 5.41) is 46.4. The molecule has 2 fully saturated rings. The van der Waals surface area contributed by atoms with Crippen molar-refractivity contribution in [1.82, 2.24) is 15.5 Å². The summed E-state index contributed by atoms with van der Waals surface area (Å²) in [6.07, 6.45) is -5.14. The second kappa shape index (κ2) is 27.7. The van der Waals surface area contributed by atoms with Gasteiger partial charge >= 0.3 is 5.97 Å². The van der Waals surface area contributed by atoms with Crippen molar-refractivity contribution in [3.63, 3.8) is 0 Å². The Hall–Kier alpha value is -3.59. The van der Waals surface area contributed by atoms with E-state index in [2.05, 4.69) is 15.8 Å². The number of likely N-dealkylation sites (N-methyl/N-ethyl adjacent to an activating group) is 1. The first-order valence-corrected chi connectivity index (χ1v) is 24.3. The molecule has 0 bridgehead atoms. The molecule has 2 aliphatic heterocycles. The Morgan fingerprint density at radius 1 is 0.838 bits per heavy atom. The summed E-state index contributed by atoms with van der Waals surface area (Å²) in [6, 6.07) is 17.4. The van der Waals surface area contributed by atoms with Gasteiger partial charge in [0.25, 0.3) is 0 Å². The third-order valence-electron chi connectivity index (χ3n) is 13.3. The van der Waals surface area contributed by atoms with Crippen LogP contribution >= 0.6 is 0 Å². The van der Waals surface area contributed by atoms with Crippen molar-refractivity contribution in [1.29, 1.82) is 0 Å². The lowest BCUT2D eigenvalue weighted by atomic mass is 9.74. The molecule has 68 heavy (non-hydrogen) atoms. The molecular formula is C51H82N4O13. The first kappa shape index (κ1) is 57.0. The second-order valence-corrected chi connectivity index (χ2v) is 19.0. The molecule has 2 heterocycles. The molecule has 2 aliphatic rings. The standard InChI is InChI=1S/C51H82N4O13/c1-12-42-51(8,60)46(58)35(4)43(54-64-27-24-52-22-25-62-28-29-63-26-23-53-32-38-18-20-40(21-19-38)66-39-16-14-13-15-17-39)33(2)31-50(7,61-11)47(36(5)44(56)37(6)48(59)67-42)68-49-45(57)41(55(9)10)30-34(3)65-49/h13-21,33-37,41-42,45-47,49,52-53,57-58,60H,12,22-32H2,1-11H3/b54-43+/t33-,34-,35-,36+,37-,41+,42-,45-,46-,47-,49+,50+,51-/m1/s1. The molecule has 17 heteroatoms. The van der Waals surface area contributed by atoms with Crippen LogP contribution in [0.15, 0.2) is 59.8 Å². The molecule has 2 saturated heterocycles. The minimum Gasteiger partial charge on any atom is -0.459 e. The Kier molecular flexibility index (Phi) is 23.2. The summed E-state index contributed by atoms with van der Waals surface area (Å²) in [4.78, 5) is 35.6. The summed E-state index contributed by atoms with van der Waals surface area (Å²) < 4.78 is 42.2. The molecule has 5 N–H and O–H groups in total. The van der Waals surface area contributed by atoms with Gasteiger partial charge in [0.2, 0.25) is 0 Å². The van der Waals surface area contributed by atoms with Gasteiger partial charge in [0.1, 0.15) is 41.8 Å². The predicted octanol–water partition coefficient (Wildman–Crippen LogP) is 4.73. The lowest BCUT2D eigenvalue weighted by Gasteiger charge is -2.47. The number of benzene rings is 2. The van der Waals surface area contributed by atoms with E-state index in [4.69, 9.17) is 38.0 Å². The van der Waals surface area contributed by atoms with E-state index < -0.39 is 77.3 Å². The normalized spacial score (nSPS) is 32.8. The number of methoxy groups -OCH3 is 1. The Bertz CT molecular complexity index is 1820. The van der Waals surface area contributed by atoms with Gasteiger partial charge in [-0.25, -0.2) is 0 Å². The third kappa shape index (κ3) is 16.2. The van der Waals surface area contributed by atoms with Crippen molar-refractivity contribution >= 4 is 17.5 Å². The number of carbonyl (C=O) groups is 2. The molecule has 0 radical (unpaired) electrons. The largest absolute Gasteiger partial charge is 0.459 e. The number of esters is 1. The van der Waals surface area contributed by atoms with Crippen LogP contribution in [-0.4, -0.2) is 166 Å². The molecule has 0 saturated carbocycles. The molecule has 0 aliphatic carbocycles. The number of carbonyl (C=O) groups excluding carboxylic acids is 2. The summed E-state index contributed by atoms with van der Waals surface area (Å²) in [5.74, 6) is -3.19. The van der Waals surface area contributed by atoms with Crippen molar-refractivity contribution < 1.29 is 62.9 Å². The minimum absolute atomic E-state index is 0.163. The van der Waals surface area contributed by atoms with Gasteiger partial charge in [0, 0.05) is 57.1 Å². The Morgan fingerprint density at radius 3 is 2.07 bits per heavy atom. The fourth-order valence-corrected chi connectivity index (χ4v) is 9.12. The number of rotatable bonds is 22. The number of ketones is 1. The minimum atomic E-state index is -1.93. The molecule has 0 unspecified atom stereocenters. The topological polar surface area (TPSA) is 208 Å². The van der Waals surface area contributed by atoms with E-state index in [1.165, 1.54) is 21.0 Å². The fraction of sp³-hybridized carbons (Fsp3) is 0.706. The zero-order valence-corrected chi connectivity index (χ0v) is 42.4. The van der Waals surface area contributed by atoms with Crippen LogP contribution in [0.4, 0.5) is 0 Å². The monoisotopic (exact) mass is 959 g/mol. The number of Topliss-reactive ketones (excluding diaryl/α,β-unsaturated/α-hetero) is 1. The number of oxime groups is 1. The number of hydrogen-bond donors (Lipinski definition) is 5. The number of nitrogens with zero attached hydrogens (tertiary/aromatic N) is 2. The smallest absolute Gasteiger partial charge is 0.316 e. The van der Waals surface area contributed by atoms with Gasteiger partial charge in [0.05, 0.1) is 56.1 Å². The van der Waals surface area contributed by atoms with Crippen LogP contribution in [0.3, 0.4) is 0 Å². The summed E-state index contributed by atoms with van der Waals surface area (Å²) >= 11 is 0. The first-order chi connectivity index (χ1) is 32.3. The van der Waals surface area contributed by atoms with Crippen molar-refractivity contribution in [2.24, 2.45) is 28.8 Å². The van der Waals surface area contributed by atoms with Crippen LogP contribution in [0.2, 0.25) is 0 Å². The molecule has 384 valence electrons. The van der Waals surface area contributed by atoms with E-state index >= 15 is 0 Å². The number of aliphatic hydroxyl groups is 3. The first-order valence-electron chi connectivity index (χ1n) is 24.3. The average molecular weight is 959 g/mol. The zero-order chi connectivity index (χ0) is 50.0. The van der Waals surface area contributed by atoms with Crippen LogP contribution in [0.25, 0.3) is 0 Å². The van der Waals surface area contributed by atoms with Crippen molar-refractivity contribution in [2.75, 3.05) is 73.9 Å². The zero-order valence-electron chi connectivity index (χ0n) is 42.4. The third-order valence-corrected chi connectivity index (χ3v) is 13.3. The Labute approximate surface area is 404 Å². The summed E-state index contributed by atoms with van der Waals surface area (Å²) in [5.41, 5.74) is -1.60. The van der Waals surface area contributed by atoms with E-state index in [1.54, 1.807) is 27.7 Å². The van der Waals surface area contributed by atoms with Crippen LogP contribution in [0, 0.1) is 23.7 Å². The van der Waals surface area contributed by atoms with Gasteiger partial charge in [-0.05, 0) is 90.9 Å². The molecule has 17 nitrogen and oxygen atoms in total. The molecule has 0 amide bonds. The van der Waals surface area contributed by atoms with E-state index in [0.29, 0.717) is 58.2 Å². The average Bonchev–Trinajstić information content (AvgIpc) is 3.32. The van der Waals surface area contributed by atoms with Gasteiger partial charge in [-0.1, -0.05) is 63.2 Å². The van der Waals surface area contributed by atoms with Gasteiger partial charge in [-0.3, -0.25) is 9.59 Å². The maximum Gasteiger partial charge on any atom is 0.316 e. The van der Waals surface area contributed by atoms with Crippen LogP contribution < -0.4 is 15.4 Å². The SMILES string of the molecule is CC[C@H]1OC(=O)[C@H](C)C(=O)[C@H](C)[C@@H](O[C@@H]2O[C@H](C)C[C@H](N(C)C)[C@H]2O)[C@@](C)(OC)C[C@@H](C)/C(=N\OCCNCCOCCOCCNCc2ccc(Oc3ccccc3)cc2)[C@@H](C)[C@@H](O)[C@]1(C)O. The van der Waals surface area contributed by atoms with Crippen LogP contribution in [0.5, 0.6) is 11.5 Å². The van der Waals surface area contributed by atoms with Crippen LogP contribution in [0.1, 0.15) is 80.2 Å². The maximum atomic E-state index is 14.2. The van der Waals surface area contributed by atoms with Gasteiger partial charge < -0.3 is 68.8 Å². The highest BCUT2D eigenvalue weighted by molar-refractivity contribution is 6.00. The second-order valence-electron chi connectivity index (χ2n) is 19.0. The fourth-order valence-electron chi connectivity index (χ4n) is 9.12. The molecule has 2 aromatic rings. The maximum absolute atomic E-state index is 14.2. The number of hydrogen-bond acceptors (Lipinski definition) is 17. The number of cyclic esters (lactones) is 1. The number of para-hydroxylation sites is 1. The Morgan fingerprint density at radius 2 is 1.46 bits per heavy atom. The van der Waals surface area contributed by atoms with Crippen LogP contribution in [-0.2, 0) is 49.4 Å². The molecule has 4 rings (SSSR count). The van der Waals surface area contributed by atoms with Gasteiger partial charge in [0.15, 0.2) is 12.1 Å². The highest BCUT2D eigenvalue weighted by Gasteiger charge is 2.51. The van der Waals surface area contributed by atoms with E-state index in [1.807, 2.05) is 87.4 Å². The molecule has 0 aromatic heterocycles. The van der Waals surface area contributed by atoms with E-state index in [0.717, 1.165) is 23.6 Å². The molecule has 2 aromatic carbocycles. The van der Waals surface area contributed by atoms with Crippen molar-refractivity contribution in [2.45, 2.75) is 135 Å². The lowest BCUT2D eigenvalue weighted by molar-refractivity contribution is -0.295. The molecular weight excluding hydrogens is 877 g/mol. The van der Waals surface area contributed by atoms with E-state index in [-0.39, 0.29) is 31.6 Å². The number of aliphatic hydroxyl groups excluding tert-OH is 2. The number of nitrogens with one attached hydrogen (secondary N) is 2. The quantitative estimate of drug-likeness (QED) is 0.0468. The lowest BCUT2D eigenvalue weighted by Crippen LogP contribution is -2.60. The van der Waals surface area contributed by atoms with Gasteiger partial charge in [-0.2, -0.15) is 0 Å². The highest BCUT2D eigenvalue weighted by atomic mass is 16.7. The summed E-state index contributed by atoms with van der Waals surface area (Å²) in [6.45, 7) is 18.2. The predicted molar refractivity (Wildman–Crippen MR) is 258 cm³/mol. The van der Waals surface area contributed by atoms with Gasteiger partial charge in [-0.15, -0.1) is 0 Å². The molecule has 13 atom stereocenters. The van der Waals surface area contributed by atoms with Crippen molar-refractivity contribution in [3.05, 3.63) is 60.2 Å². The summed E-state index contributed by atoms with van der Waals surface area (Å²) in [7, 11) is 5.26. The number of ether oxygens (including phenoxy) is 7. The van der Waals surface area contributed by atoms with Crippen molar-refractivity contribution in [3.8, 4) is 11.5 Å². The highest BCUT2D eigenvalue weighted by Crippen LogP contribution is 2.39.